The van der Waals surface area contributed by atoms with Crippen LogP contribution in [0.5, 0.6) is 0 Å². The Morgan fingerprint density at radius 1 is 1.25 bits per heavy atom. The second-order valence-corrected chi connectivity index (χ2v) is 4.36. The molecule has 12 heavy (non-hydrogen) atoms. The molecular weight excluding hydrogens is 150 g/mol. The zero-order valence-electron chi connectivity index (χ0n) is 8.64. The molecule has 0 saturated carbocycles. The van der Waals surface area contributed by atoms with Crippen LogP contribution >= 0.6 is 0 Å². The number of ketones is 1. The van der Waals surface area contributed by atoms with Crippen LogP contribution in [0.1, 0.15) is 34.6 Å². The summed E-state index contributed by atoms with van der Waals surface area (Å²) in [4.78, 5) is 11.7. The molecule has 2 nitrogen and oxygen atoms in total. The van der Waals surface area contributed by atoms with E-state index in [9.17, 15) is 4.79 Å². The van der Waals surface area contributed by atoms with E-state index in [4.69, 9.17) is 5.73 Å². The molecule has 0 amide bonds. The number of allylic oxidation sites excluding steroid dienone is 1. The molecule has 1 unspecified atom stereocenters. The lowest BCUT2D eigenvalue weighted by Gasteiger charge is -2.27. The summed E-state index contributed by atoms with van der Waals surface area (Å²) in [7, 11) is 0. The van der Waals surface area contributed by atoms with E-state index in [1.165, 1.54) is 0 Å². The van der Waals surface area contributed by atoms with Gasteiger partial charge in [-0.2, -0.15) is 0 Å². The van der Waals surface area contributed by atoms with E-state index in [0.29, 0.717) is 0 Å². The molecule has 0 spiro atoms. The van der Waals surface area contributed by atoms with Crippen molar-refractivity contribution in [3.63, 3.8) is 0 Å². The molecule has 0 fully saturated rings. The van der Waals surface area contributed by atoms with Crippen LogP contribution in [0.3, 0.4) is 0 Å². The van der Waals surface area contributed by atoms with Gasteiger partial charge in [-0.15, -0.1) is 0 Å². The van der Waals surface area contributed by atoms with Gasteiger partial charge in [0.2, 0.25) is 0 Å². The zero-order valence-corrected chi connectivity index (χ0v) is 8.64. The minimum absolute atomic E-state index is 0.0631. The van der Waals surface area contributed by atoms with Gasteiger partial charge in [-0.25, -0.2) is 0 Å². The summed E-state index contributed by atoms with van der Waals surface area (Å²) < 4.78 is 0. The van der Waals surface area contributed by atoms with Crippen LogP contribution in [-0.4, -0.2) is 11.3 Å². The minimum atomic E-state index is -0.826. The van der Waals surface area contributed by atoms with Gasteiger partial charge >= 0.3 is 0 Å². The van der Waals surface area contributed by atoms with Crippen molar-refractivity contribution in [3.8, 4) is 0 Å². The van der Waals surface area contributed by atoms with Crippen molar-refractivity contribution < 1.29 is 4.79 Å². The number of hydrogen-bond donors (Lipinski definition) is 1. The molecule has 2 heteroatoms. The summed E-state index contributed by atoms with van der Waals surface area (Å²) in [6, 6.07) is 0. The Labute approximate surface area is 74.8 Å². The number of hydrogen-bond acceptors (Lipinski definition) is 2. The molecule has 0 rings (SSSR count). The number of nitrogens with two attached hydrogens (primary N) is 1. The van der Waals surface area contributed by atoms with Crippen LogP contribution in [0, 0.1) is 5.41 Å². The van der Waals surface area contributed by atoms with Crippen molar-refractivity contribution in [2.24, 2.45) is 11.1 Å². The molecule has 0 aliphatic carbocycles. The summed E-state index contributed by atoms with van der Waals surface area (Å²) in [5.41, 5.74) is 4.62. The van der Waals surface area contributed by atoms with Gasteiger partial charge in [0.25, 0.3) is 0 Å². The highest BCUT2D eigenvalue weighted by Crippen LogP contribution is 2.22. The first-order chi connectivity index (χ1) is 5.22. The van der Waals surface area contributed by atoms with Crippen molar-refractivity contribution in [1.82, 2.24) is 0 Å². The predicted molar refractivity (Wildman–Crippen MR) is 51.9 cm³/mol. The van der Waals surface area contributed by atoms with Crippen LogP contribution in [0.25, 0.3) is 0 Å². The molecule has 0 saturated heterocycles. The fraction of sp³-hybridized carbons (Fsp3) is 0.700. The quantitative estimate of drug-likeness (QED) is 0.641. The fourth-order valence-electron chi connectivity index (χ4n) is 1.23. The van der Waals surface area contributed by atoms with E-state index in [0.717, 1.165) is 0 Å². The summed E-state index contributed by atoms with van der Waals surface area (Å²) in [6.45, 7) is 9.24. The normalized spacial score (nSPS) is 17.8. The van der Waals surface area contributed by atoms with E-state index in [1.54, 1.807) is 13.0 Å². The Bertz CT molecular complexity index is 196. The highest BCUT2D eigenvalue weighted by Gasteiger charge is 2.34. The second-order valence-electron chi connectivity index (χ2n) is 4.36. The molecule has 1 atom stereocenters. The molecule has 0 aliphatic rings. The smallest absolute Gasteiger partial charge is 0.161 e. The largest absolute Gasteiger partial charge is 0.316 e. The number of carbonyl (C=O) groups excluding carboxylic acids is 1. The fourth-order valence-corrected chi connectivity index (χ4v) is 1.23. The van der Waals surface area contributed by atoms with Gasteiger partial charge in [0.1, 0.15) is 0 Å². The summed E-state index contributed by atoms with van der Waals surface area (Å²) >= 11 is 0. The maximum absolute atomic E-state index is 11.7. The Hall–Kier alpha value is -0.630. The molecule has 2 N–H and O–H groups in total. The van der Waals surface area contributed by atoms with E-state index in [1.807, 2.05) is 33.8 Å². The maximum Gasteiger partial charge on any atom is 0.161 e. The first kappa shape index (κ1) is 11.4. The van der Waals surface area contributed by atoms with Crippen molar-refractivity contribution in [3.05, 3.63) is 12.2 Å². The average molecular weight is 169 g/mol. The number of Topliss-reactive ketones (excluding diaryl/α,β-unsaturated/α-hetero) is 1. The first-order valence-corrected chi connectivity index (χ1v) is 4.19. The molecule has 0 aromatic rings. The van der Waals surface area contributed by atoms with Gasteiger partial charge in [-0.1, -0.05) is 32.9 Å². The van der Waals surface area contributed by atoms with E-state index in [2.05, 4.69) is 0 Å². The Kier molecular flexibility index (Phi) is 3.22. The molecular formula is C10H19NO. The molecule has 0 bridgehead atoms. The molecule has 0 aromatic carbocycles. The van der Waals surface area contributed by atoms with Crippen LogP contribution in [0.2, 0.25) is 0 Å². The van der Waals surface area contributed by atoms with Gasteiger partial charge in [-0.05, 0) is 13.8 Å². The first-order valence-electron chi connectivity index (χ1n) is 4.19. The van der Waals surface area contributed by atoms with Crippen LogP contribution in [-0.2, 0) is 4.79 Å². The van der Waals surface area contributed by atoms with E-state index >= 15 is 0 Å². The monoisotopic (exact) mass is 169 g/mol. The standard InChI is InChI=1S/C10H19NO/c1-6-7-10(5,11)8(12)9(2,3)4/h6-7H,11H2,1-5H3. The van der Waals surface area contributed by atoms with E-state index < -0.39 is 5.54 Å². The topological polar surface area (TPSA) is 43.1 Å². The minimum Gasteiger partial charge on any atom is -0.316 e. The van der Waals surface area contributed by atoms with Gasteiger partial charge in [0.15, 0.2) is 5.78 Å². The molecule has 0 aliphatic heterocycles. The molecule has 70 valence electrons. The van der Waals surface area contributed by atoms with Crippen LogP contribution in [0.4, 0.5) is 0 Å². The Morgan fingerprint density at radius 3 is 1.92 bits per heavy atom. The average Bonchev–Trinajstić information content (AvgIpc) is 1.84. The third-order valence-electron chi connectivity index (χ3n) is 1.68. The number of carbonyl (C=O) groups is 1. The highest BCUT2D eigenvalue weighted by atomic mass is 16.1. The summed E-state index contributed by atoms with van der Waals surface area (Å²) in [5, 5.41) is 0. The van der Waals surface area contributed by atoms with Crippen molar-refractivity contribution in [2.45, 2.75) is 40.2 Å². The van der Waals surface area contributed by atoms with Gasteiger partial charge in [-0.3, -0.25) is 4.79 Å². The maximum atomic E-state index is 11.7. The second kappa shape index (κ2) is 3.40. The van der Waals surface area contributed by atoms with Gasteiger partial charge in [0, 0.05) is 5.41 Å². The van der Waals surface area contributed by atoms with Gasteiger partial charge in [0.05, 0.1) is 5.54 Å². The van der Waals surface area contributed by atoms with Crippen molar-refractivity contribution >= 4 is 5.78 Å². The van der Waals surface area contributed by atoms with Crippen LogP contribution < -0.4 is 5.73 Å². The lowest BCUT2D eigenvalue weighted by atomic mass is 9.79. The van der Waals surface area contributed by atoms with Crippen molar-refractivity contribution in [1.29, 1.82) is 0 Å². The number of rotatable bonds is 2. The SMILES string of the molecule is CC=CC(C)(N)C(=O)C(C)(C)C. The lowest BCUT2D eigenvalue weighted by molar-refractivity contribution is -0.129. The lowest BCUT2D eigenvalue weighted by Crippen LogP contribution is -2.48. The summed E-state index contributed by atoms with van der Waals surface area (Å²) in [6.07, 6.45) is 3.55. The molecule has 0 aromatic heterocycles. The Morgan fingerprint density at radius 2 is 1.67 bits per heavy atom. The highest BCUT2D eigenvalue weighted by molar-refractivity contribution is 5.93. The van der Waals surface area contributed by atoms with Gasteiger partial charge < -0.3 is 5.73 Å². The van der Waals surface area contributed by atoms with Crippen molar-refractivity contribution in [2.75, 3.05) is 0 Å². The Balaban J connectivity index is 4.70. The third kappa shape index (κ3) is 2.78. The van der Waals surface area contributed by atoms with E-state index in [-0.39, 0.29) is 11.2 Å². The summed E-state index contributed by atoms with van der Waals surface area (Å²) in [5.74, 6) is 0.0631. The zero-order chi connectivity index (χ0) is 9.99. The predicted octanol–water partition coefficient (Wildman–Crippen LogP) is 1.90. The van der Waals surface area contributed by atoms with Crippen LogP contribution in [0.15, 0.2) is 12.2 Å². The third-order valence-corrected chi connectivity index (χ3v) is 1.68. The molecule has 0 radical (unpaired) electrons. The molecule has 0 heterocycles.